The fraction of sp³-hybridized carbons (Fsp3) is 0.350. The van der Waals surface area contributed by atoms with Gasteiger partial charge in [-0.15, -0.1) is 0 Å². The molecule has 1 atom stereocenters. The number of carbonyl (C=O) groups is 1. The van der Waals surface area contributed by atoms with Gasteiger partial charge in [-0.1, -0.05) is 23.2 Å². The van der Waals surface area contributed by atoms with Gasteiger partial charge in [-0.3, -0.25) is 4.79 Å². The first-order chi connectivity index (χ1) is 13.0. The van der Waals surface area contributed by atoms with Gasteiger partial charge in [0.2, 0.25) is 0 Å². The molecule has 2 aromatic carbocycles. The lowest BCUT2D eigenvalue weighted by molar-refractivity contribution is -0.138. The number of anilines is 1. The maximum Gasteiger partial charge on any atom is 0.263 e. The molecule has 1 fully saturated rings. The highest BCUT2D eigenvalue weighted by Gasteiger charge is 2.26. The molecule has 2 aromatic rings. The van der Waals surface area contributed by atoms with E-state index < -0.39 is 6.10 Å². The standard InChI is InChI=1S/C20H22Cl2N2O3/c1-14(27-19-8-3-15(21)13-18(19)22)20(25)24-11-9-23(10-12-24)16-4-6-17(26-2)7-5-16/h3-8,13-14H,9-12H2,1-2H3/t14-/m0/s1. The number of hydrogen-bond acceptors (Lipinski definition) is 4. The Morgan fingerprint density at radius 2 is 1.70 bits per heavy atom. The van der Waals surface area contributed by atoms with Crippen LogP contribution < -0.4 is 14.4 Å². The Kier molecular flexibility index (Phi) is 6.34. The van der Waals surface area contributed by atoms with Gasteiger partial charge in [0.05, 0.1) is 12.1 Å². The van der Waals surface area contributed by atoms with Crippen molar-refractivity contribution in [2.45, 2.75) is 13.0 Å². The largest absolute Gasteiger partial charge is 0.497 e. The second-order valence-corrected chi connectivity index (χ2v) is 7.19. The maximum absolute atomic E-state index is 12.7. The second kappa shape index (κ2) is 8.72. The topological polar surface area (TPSA) is 42.0 Å². The van der Waals surface area contributed by atoms with Gasteiger partial charge < -0.3 is 19.3 Å². The summed E-state index contributed by atoms with van der Waals surface area (Å²) in [5.41, 5.74) is 1.13. The number of benzene rings is 2. The summed E-state index contributed by atoms with van der Waals surface area (Å²) in [6.07, 6.45) is -0.615. The van der Waals surface area contributed by atoms with Gasteiger partial charge in [0.15, 0.2) is 6.10 Å². The molecule has 1 heterocycles. The molecule has 1 aliphatic heterocycles. The van der Waals surface area contributed by atoms with E-state index >= 15 is 0 Å². The van der Waals surface area contributed by atoms with Gasteiger partial charge in [-0.25, -0.2) is 0 Å². The zero-order valence-electron chi connectivity index (χ0n) is 15.3. The van der Waals surface area contributed by atoms with E-state index in [9.17, 15) is 4.79 Å². The van der Waals surface area contributed by atoms with E-state index in [0.717, 1.165) is 24.5 Å². The number of piperazine rings is 1. The zero-order chi connectivity index (χ0) is 19.4. The highest BCUT2D eigenvalue weighted by Crippen LogP contribution is 2.28. The van der Waals surface area contributed by atoms with Gasteiger partial charge >= 0.3 is 0 Å². The lowest BCUT2D eigenvalue weighted by atomic mass is 10.2. The minimum Gasteiger partial charge on any atom is -0.497 e. The summed E-state index contributed by atoms with van der Waals surface area (Å²) in [5.74, 6) is 1.24. The Morgan fingerprint density at radius 3 is 2.30 bits per heavy atom. The number of ether oxygens (including phenoxy) is 2. The van der Waals surface area contributed by atoms with Crippen molar-refractivity contribution in [3.8, 4) is 11.5 Å². The van der Waals surface area contributed by atoms with Crippen LogP contribution in [0.25, 0.3) is 0 Å². The van der Waals surface area contributed by atoms with E-state index in [4.69, 9.17) is 32.7 Å². The van der Waals surface area contributed by atoms with E-state index in [1.807, 2.05) is 29.2 Å². The average molecular weight is 409 g/mol. The van der Waals surface area contributed by atoms with Crippen LogP contribution >= 0.6 is 23.2 Å². The molecule has 0 N–H and O–H groups in total. The first-order valence-corrected chi connectivity index (χ1v) is 9.53. The normalized spacial score (nSPS) is 15.4. The van der Waals surface area contributed by atoms with E-state index in [1.165, 1.54) is 0 Å². The average Bonchev–Trinajstić information content (AvgIpc) is 2.69. The lowest BCUT2D eigenvalue weighted by Crippen LogP contribution is -2.52. The van der Waals surface area contributed by atoms with Gasteiger partial charge in [-0.05, 0) is 49.4 Å². The fourth-order valence-electron chi connectivity index (χ4n) is 3.05. The molecule has 5 nitrogen and oxygen atoms in total. The summed E-state index contributed by atoms with van der Waals surface area (Å²) in [7, 11) is 1.65. The smallest absolute Gasteiger partial charge is 0.263 e. The Hall–Kier alpha value is -2.11. The third-order valence-corrected chi connectivity index (χ3v) is 5.10. The summed E-state index contributed by atoms with van der Waals surface area (Å²) in [4.78, 5) is 16.8. The summed E-state index contributed by atoms with van der Waals surface area (Å²) in [6.45, 7) is 4.57. The molecule has 27 heavy (non-hydrogen) atoms. The molecule has 0 aliphatic carbocycles. The number of carbonyl (C=O) groups excluding carboxylic acids is 1. The molecule has 0 bridgehead atoms. The van der Waals surface area contributed by atoms with E-state index in [1.54, 1.807) is 32.2 Å². The summed E-state index contributed by atoms with van der Waals surface area (Å²) in [6, 6.07) is 12.9. The summed E-state index contributed by atoms with van der Waals surface area (Å²) >= 11 is 12.0. The van der Waals surface area contributed by atoms with Crippen molar-refractivity contribution in [1.29, 1.82) is 0 Å². The third-order valence-electron chi connectivity index (χ3n) is 4.57. The van der Waals surface area contributed by atoms with E-state index in [-0.39, 0.29) is 5.91 Å². The van der Waals surface area contributed by atoms with E-state index in [2.05, 4.69) is 4.90 Å². The molecule has 7 heteroatoms. The maximum atomic E-state index is 12.7. The molecular formula is C20H22Cl2N2O3. The first kappa shape index (κ1) is 19.6. The van der Waals surface area contributed by atoms with Crippen LogP contribution in [0, 0.1) is 0 Å². The Morgan fingerprint density at radius 1 is 1.04 bits per heavy atom. The van der Waals surface area contributed by atoms with Gasteiger partial charge in [0, 0.05) is 36.9 Å². The van der Waals surface area contributed by atoms with Crippen LogP contribution in [-0.4, -0.2) is 50.2 Å². The second-order valence-electron chi connectivity index (χ2n) is 6.35. The number of hydrogen-bond donors (Lipinski definition) is 0. The lowest BCUT2D eigenvalue weighted by Gasteiger charge is -2.37. The molecule has 0 saturated carbocycles. The number of nitrogens with zero attached hydrogens (tertiary/aromatic N) is 2. The molecular weight excluding hydrogens is 387 g/mol. The molecule has 0 aromatic heterocycles. The van der Waals surface area contributed by atoms with Crippen molar-refractivity contribution in [2.75, 3.05) is 38.2 Å². The highest BCUT2D eigenvalue weighted by molar-refractivity contribution is 6.35. The minimum atomic E-state index is -0.615. The summed E-state index contributed by atoms with van der Waals surface area (Å²) < 4.78 is 10.9. The van der Waals surface area contributed by atoms with Crippen molar-refractivity contribution in [3.63, 3.8) is 0 Å². The predicted octanol–water partition coefficient (Wildman–Crippen LogP) is 4.12. The van der Waals surface area contributed by atoms with Crippen LogP contribution in [0.3, 0.4) is 0 Å². The molecule has 0 radical (unpaired) electrons. The number of rotatable bonds is 5. The van der Waals surface area contributed by atoms with Crippen LogP contribution in [0.4, 0.5) is 5.69 Å². The van der Waals surface area contributed by atoms with Crippen LogP contribution in [0.2, 0.25) is 10.0 Å². The Bertz CT molecular complexity index is 790. The van der Waals surface area contributed by atoms with Crippen LogP contribution in [0.1, 0.15) is 6.92 Å². The van der Waals surface area contributed by atoms with Gasteiger partial charge in [0.1, 0.15) is 11.5 Å². The molecule has 1 saturated heterocycles. The van der Waals surface area contributed by atoms with Crippen molar-refractivity contribution < 1.29 is 14.3 Å². The quantitative estimate of drug-likeness (QED) is 0.745. The fourth-order valence-corrected chi connectivity index (χ4v) is 3.50. The van der Waals surface area contributed by atoms with Gasteiger partial charge in [-0.2, -0.15) is 0 Å². The zero-order valence-corrected chi connectivity index (χ0v) is 16.8. The van der Waals surface area contributed by atoms with Crippen LogP contribution in [0.15, 0.2) is 42.5 Å². The molecule has 0 unspecified atom stereocenters. The Labute approximate surface area is 169 Å². The molecule has 144 valence electrons. The van der Waals surface area contributed by atoms with E-state index in [0.29, 0.717) is 28.9 Å². The predicted molar refractivity (Wildman–Crippen MR) is 108 cm³/mol. The Balaban J connectivity index is 1.55. The first-order valence-electron chi connectivity index (χ1n) is 8.77. The van der Waals surface area contributed by atoms with Gasteiger partial charge in [0.25, 0.3) is 5.91 Å². The number of amides is 1. The molecule has 0 spiro atoms. The third kappa shape index (κ3) is 4.79. The SMILES string of the molecule is COc1ccc(N2CCN(C(=O)[C@H](C)Oc3ccc(Cl)cc3Cl)CC2)cc1. The number of methoxy groups -OCH3 is 1. The molecule has 1 aliphatic rings. The van der Waals surface area contributed by atoms with Crippen molar-refractivity contribution >= 4 is 34.8 Å². The van der Waals surface area contributed by atoms with Crippen molar-refractivity contribution in [1.82, 2.24) is 4.90 Å². The minimum absolute atomic E-state index is 0.0459. The summed E-state index contributed by atoms with van der Waals surface area (Å²) in [5, 5.41) is 0.924. The number of halogens is 2. The molecule has 3 rings (SSSR count). The van der Waals surface area contributed by atoms with Crippen LogP contribution in [-0.2, 0) is 4.79 Å². The van der Waals surface area contributed by atoms with Crippen molar-refractivity contribution in [3.05, 3.63) is 52.5 Å². The highest BCUT2D eigenvalue weighted by atomic mass is 35.5. The van der Waals surface area contributed by atoms with Crippen LogP contribution in [0.5, 0.6) is 11.5 Å². The monoisotopic (exact) mass is 408 g/mol. The van der Waals surface area contributed by atoms with Crippen molar-refractivity contribution in [2.24, 2.45) is 0 Å². The molecule has 1 amide bonds.